The van der Waals surface area contributed by atoms with Crippen LogP contribution in [0.4, 0.5) is 0 Å². The first-order chi connectivity index (χ1) is 21.0. The average molecular weight is 815 g/mol. The van der Waals surface area contributed by atoms with Crippen molar-refractivity contribution in [1.82, 2.24) is 0 Å². The molecule has 0 saturated carbocycles. The summed E-state index contributed by atoms with van der Waals surface area (Å²) >= 11 is 0. The minimum atomic E-state index is 0. The Hall–Kier alpha value is 3.92. The molecular formula is C43H58Ar6. The third-order valence-electron chi connectivity index (χ3n) is 7.49. The minimum Gasteiger partial charge on any atom is -0.0683 e. The first-order valence-electron chi connectivity index (χ1n) is 16.8. The fourth-order valence-corrected chi connectivity index (χ4v) is 5.82. The Kier molecular flexibility index (Phi) is 49.6. The smallest absolute Gasteiger partial charge is 0 e. The Morgan fingerprint density at radius 2 is 0.571 bits per heavy atom. The monoisotopic (exact) mass is 814 g/mol. The fraction of sp³-hybridized carbons (Fsp3) is 0.349. The first-order valence-corrected chi connectivity index (χ1v) is 16.8. The van der Waals surface area contributed by atoms with Crippen molar-refractivity contribution < 1.29 is 226 Å². The molecule has 0 aliphatic rings. The topological polar surface area (TPSA) is 0 Å². The molecule has 0 unspecified atom stereocenters. The molecule has 6 heteroatoms. The van der Waals surface area contributed by atoms with Gasteiger partial charge in [-0.3, -0.25) is 0 Å². The summed E-state index contributed by atoms with van der Waals surface area (Å²) in [5, 5.41) is 11.2. The second-order valence-corrected chi connectivity index (χ2v) is 9.83. The van der Waals surface area contributed by atoms with E-state index in [4.69, 9.17) is 0 Å². The van der Waals surface area contributed by atoms with Gasteiger partial charge in [-0.2, -0.15) is 0 Å². The molecule has 0 aliphatic carbocycles. The molecule has 0 fully saturated rings. The van der Waals surface area contributed by atoms with Gasteiger partial charge < -0.3 is 0 Å². The summed E-state index contributed by atoms with van der Waals surface area (Å²) in [5.41, 5.74) is 5.74. The molecular weight excluding hydrogens is 756 g/mol. The number of benzene rings is 6. The maximum Gasteiger partial charge on any atom is 0 e. The number of hydrogen-bond acceptors (Lipinski definition) is 0. The van der Waals surface area contributed by atoms with Gasteiger partial charge in [0.25, 0.3) is 0 Å². The van der Waals surface area contributed by atoms with E-state index in [2.05, 4.69) is 132 Å². The molecule has 0 amide bonds. The summed E-state index contributed by atoms with van der Waals surface area (Å²) < 4.78 is 0. The third-order valence-corrected chi connectivity index (χ3v) is 7.49. The van der Waals surface area contributed by atoms with Gasteiger partial charge in [-0.15, -0.1) is 0 Å². The zero-order chi connectivity index (χ0) is 32.5. The third kappa shape index (κ3) is 17.5. The van der Waals surface area contributed by atoms with Crippen LogP contribution in [-0.2, 0) is 6.42 Å². The summed E-state index contributed by atoms with van der Waals surface area (Å²) in [7, 11) is 0. The van der Waals surface area contributed by atoms with Crippen molar-refractivity contribution in [2.75, 3.05) is 0 Å². The van der Waals surface area contributed by atoms with Gasteiger partial charge in [0.15, 0.2) is 0 Å². The minimum absolute atomic E-state index is 0. The van der Waals surface area contributed by atoms with Crippen LogP contribution in [0, 0.1) is 240 Å². The Balaban J connectivity index is -0.000000142. The maximum atomic E-state index is 2.28. The molecule has 278 valence electrons. The number of hydrogen-bond donors (Lipinski definition) is 0. The Morgan fingerprint density at radius 3 is 0.796 bits per heavy atom. The summed E-state index contributed by atoms with van der Waals surface area (Å²) in [4.78, 5) is 0. The molecule has 0 aromatic heterocycles. The van der Waals surface area contributed by atoms with Crippen molar-refractivity contribution in [3.05, 3.63) is 119 Å². The Labute approximate surface area is 480 Å². The van der Waals surface area contributed by atoms with E-state index in [0.717, 1.165) is 6.42 Å². The van der Waals surface area contributed by atoms with Crippen LogP contribution >= 0.6 is 0 Å². The maximum absolute atomic E-state index is 2.28. The van der Waals surface area contributed by atoms with Crippen LogP contribution in [0.3, 0.4) is 0 Å². The van der Waals surface area contributed by atoms with Crippen LogP contribution in [0.1, 0.15) is 104 Å². The largest absolute Gasteiger partial charge is 0.0683 e. The molecule has 0 nitrogen and oxygen atoms in total. The van der Waals surface area contributed by atoms with Crippen LogP contribution in [0.15, 0.2) is 97.1 Å². The molecule has 0 N–H and O–H groups in total. The first kappa shape index (κ1) is 64.8. The fourth-order valence-electron chi connectivity index (χ4n) is 5.82. The summed E-state index contributed by atoms with van der Waals surface area (Å²) in [6.45, 7) is 27.3. The van der Waals surface area contributed by atoms with E-state index in [9.17, 15) is 0 Å². The van der Waals surface area contributed by atoms with Crippen LogP contribution in [0.5, 0.6) is 0 Å². The zero-order valence-electron chi connectivity index (χ0n) is 31.6. The van der Waals surface area contributed by atoms with Crippen molar-refractivity contribution in [3.63, 3.8) is 0 Å². The van der Waals surface area contributed by atoms with E-state index in [-0.39, 0.29) is 226 Å². The van der Waals surface area contributed by atoms with E-state index in [0.29, 0.717) is 5.92 Å². The molecule has 6 aromatic rings. The van der Waals surface area contributed by atoms with Crippen molar-refractivity contribution in [2.45, 2.75) is 102 Å². The van der Waals surface area contributed by atoms with Gasteiger partial charge in [-0.05, 0) is 91.5 Å². The second kappa shape index (κ2) is 37.5. The Bertz CT molecular complexity index is 1580. The molecule has 6 rings (SSSR count). The van der Waals surface area contributed by atoms with Gasteiger partial charge in [-0.25, -0.2) is 0 Å². The quantitative estimate of drug-likeness (QED) is 0.153. The van der Waals surface area contributed by atoms with E-state index in [1.807, 2.05) is 55.4 Å². The second-order valence-electron chi connectivity index (χ2n) is 9.83. The molecule has 0 heterocycles. The van der Waals surface area contributed by atoms with Crippen molar-refractivity contribution in [2.24, 2.45) is 0 Å². The molecule has 0 atom stereocenters. The van der Waals surface area contributed by atoms with Gasteiger partial charge >= 0.3 is 0 Å². The predicted octanol–water partition coefficient (Wildman–Crippen LogP) is 14.4. The van der Waals surface area contributed by atoms with Crippen LogP contribution in [0.2, 0.25) is 0 Å². The van der Waals surface area contributed by atoms with E-state index < -0.39 is 0 Å². The van der Waals surface area contributed by atoms with E-state index in [1.165, 1.54) is 65.3 Å². The van der Waals surface area contributed by atoms with Crippen molar-refractivity contribution >= 4 is 43.1 Å². The summed E-state index contributed by atoms with van der Waals surface area (Å²) in [6, 6.07) is 35.0. The summed E-state index contributed by atoms with van der Waals surface area (Å²) in [5.74, 6) is 0.542. The van der Waals surface area contributed by atoms with Crippen LogP contribution in [0.25, 0.3) is 43.1 Å². The van der Waals surface area contributed by atoms with Gasteiger partial charge in [0, 0.05) is 226 Å². The van der Waals surface area contributed by atoms with Crippen molar-refractivity contribution in [1.29, 1.82) is 0 Å². The average Bonchev–Trinajstić information content (AvgIpc) is 3.09. The number of rotatable bonds is 2. The van der Waals surface area contributed by atoms with Gasteiger partial charge in [0.2, 0.25) is 0 Å². The molecule has 6 aromatic carbocycles. The van der Waals surface area contributed by atoms with Gasteiger partial charge in [0.1, 0.15) is 0 Å². The SMILES string of the molecule is CC.CC.CC.CC.CCc1c2ccccc2c(C)c2ccccc12.Cc1c2ccccc2c(C(C)C)c2ccccc12.[Ar].[Ar].[Ar].[Ar].[Ar].[Ar]. The van der Waals surface area contributed by atoms with Crippen molar-refractivity contribution in [3.8, 4) is 0 Å². The van der Waals surface area contributed by atoms with Gasteiger partial charge in [0.05, 0.1) is 0 Å². The standard InChI is InChI=1S/C18H18.C17H16.4C2H6.6Ar/c1-12(2)18-16-10-6-4-8-14(16)13(3)15-9-5-7-11-17(15)18;1-3-13-16-10-6-4-8-14(16)12(2)15-9-5-7-11-17(13)15;4*1-2;;;;;;/h4-12H,1-3H3;4-11H,3H2,1-2H3;4*1-2H3;;;;;;. The normalized spacial score (nSPS) is 8.61. The van der Waals surface area contributed by atoms with Crippen LogP contribution < -0.4 is 0 Å². The predicted molar refractivity (Wildman–Crippen MR) is 201 cm³/mol. The molecule has 0 spiro atoms. The Morgan fingerprint density at radius 1 is 0.367 bits per heavy atom. The van der Waals surface area contributed by atoms with Gasteiger partial charge in [-0.1, -0.05) is 173 Å². The number of aryl methyl sites for hydroxylation is 3. The summed E-state index contributed by atoms with van der Waals surface area (Å²) in [6.07, 6.45) is 1.08. The molecule has 49 heavy (non-hydrogen) atoms. The number of fused-ring (bicyclic) bond motifs is 4. The molecule has 0 bridgehead atoms. The van der Waals surface area contributed by atoms with Crippen LogP contribution in [-0.4, -0.2) is 0 Å². The molecule has 0 saturated heterocycles. The van der Waals surface area contributed by atoms with E-state index in [1.54, 1.807) is 0 Å². The van der Waals surface area contributed by atoms with E-state index >= 15 is 0 Å². The zero-order valence-corrected chi connectivity index (χ0v) is 35.9. The molecule has 0 aliphatic heterocycles. The molecule has 0 radical (unpaired) electrons.